The number of carbonyl (C=O) groups excluding carboxylic acids is 1. The summed E-state index contributed by atoms with van der Waals surface area (Å²) in [4.78, 5) is 13.1. The number of anilines is 2. The molecule has 2 N–H and O–H groups in total. The number of aryl methyl sites for hydroxylation is 2. The number of halogens is 1. The molecule has 0 aliphatic carbocycles. The van der Waals surface area contributed by atoms with Gasteiger partial charge in [0, 0.05) is 10.6 Å². The Hall–Kier alpha value is -3.81. The van der Waals surface area contributed by atoms with Crippen molar-refractivity contribution in [3.05, 3.63) is 113 Å². The minimum absolute atomic E-state index is 0.0141. The van der Waals surface area contributed by atoms with Gasteiger partial charge in [0.1, 0.15) is 5.75 Å². The summed E-state index contributed by atoms with van der Waals surface area (Å²) in [7, 11) is -3.93. The molecule has 8 heteroatoms. The molecule has 0 saturated heterocycles. The Morgan fingerprint density at radius 2 is 1.51 bits per heavy atom. The number of nitrogens with one attached hydrogen (secondary N) is 2. The van der Waals surface area contributed by atoms with Gasteiger partial charge in [-0.05, 0) is 73.5 Å². The molecule has 0 heterocycles. The molecule has 0 aromatic heterocycles. The summed E-state index contributed by atoms with van der Waals surface area (Å²) in [6.07, 6.45) is 0. The number of amides is 1. The maximum atomic E-state index is 13.1. The molecule has 4 aromatic carbocycles. The van der Waals surface area contributed by atoms with Crippen molar-refractivity contribution in [1.82, 2.24) is 0 Å². The van der Waals surface area contributed by atoms with Crippen LogP contribution in [0.1, 0.15) is 21.5 Å². The lowest BCUT2D eigenvalue weighted by Gasteiger charge is -2.15. The zero-order valence-electron chi connectivity index (χ0n) is 19.1. The third-order valence-corrected chi connectivity index (χ3v) is 7.03. The van der Waals surface area contributed by atoms with Crippen molar-refractivity contribution >= 4 is 38.9 Å². The highest BCUT2D eigenvalue weighted by atomic mass is 35.5. The van der Waals surface area contributed by atoms with Gasteiger partial charge in [0.15, 0.2) is 5.75 Å². The third-order valence-electron chi connectivity index (χ3n) is 5.29. The van der Waals surface area contributed by atoms with E-state index in [2.05, 4.69) is 10.0 Å². The topological polar surface area (TPSA) is 84.5 Å². The molecule has 0 fully saturated rings. The smallest absolute Gasteiger partial charge is 0.262 e. The summed E-state index contributed by atoms with van der Waals surface area (Å²) in [6, 6.07) is 25.6. The van der Waals surface area contributed by atoms with Crippen LogP contribution >= 0.6 is 11.6 Å². The number of hydrogen-bond donors (Lipinski definition) is 2. The fourth-order valence-corrected chi connectivity index (χ4v) is 4.99. The SMILES string of the molecule is Cc1ccccc1NS(=O)(=O)c1cc(C(=O)Nc2cc(Cl)ccc2Oc2ccccc2)ccc1C. The van der Waals surface area contributed by atoms with Crippen molar-refractivity contribution in [3.63, 3.8) is 0 Å². The molecule has 0 aliphatic heterocycles. The summed E-state index contributed by atoms with van der Waals surface area (Å²) in [5.74, 6) is 0.490. The Morgan fingerprint density at radius 3 is 2.26 bits per heavy atom. The first kappa shape index (κ1) is 24.3. The number of benzene rings is 4. The monoisotopic (exact) mass is 506 g/mol. The first-order valence-corrected chi connectivity index (χ1v) is 12.6. The number of rotatable bonds is 7. The Kier molecular flexibility index (Phi) is 7.10. The van der Waals surface area contributed by atoms with Gasteiger partial charge in [-0.25, -0.2) is 8.42 Å². The number of ether oxygens (including phenoxy) is 1. The highest BCUT2D eigenvalue weighted by Gasteiger charge is 2.21. The minimum Gasteiger partial charge on any atom is -0.455 e. The molecule has 1 amide bonds. The first-order chi connectivity index (χ1) is 16.7. The van der Waals surface area contributed by atoms with Crippen LogP contribution in [-0.2, 0) is 10.0 Å². The van der Waals surface area contributed by atoms with E-state index < -0.39 is 15.9 Å². The van der Waals surface area contributed by atoms with Crippen LogP contribution in [0.15, 0.2) is 95.9 Å². The molecule has 0 aliphatic rings. The van der Waals surface area contributed by atoms with Crippen molar-refractivity contribution in [2.75, 3.05) is 10.0 Å². The number of hydrogen-bond acceptors (Lipinski definition) is 4. The lowest BCUT2D eigenvalue weighted by molar-refractivity contribution is 0.102. The van der Waals surface area contributed by atoms with Crippen molar-refractivity contribution in [1.29, 1.82) is 0 Å². The second kappa shape index (κ2) is 10.2. The van der Waals surface area contributed by atoms with E-state index in [1.807, 2.05) is 37.3 Å². The van der Waals surface area contributed by atoms with Crippen LogP contribution in [0.4, 0.5) is 11.4 Å². The van der Waals surface area contributed by atoms with Gasteiger partial charge in [-0.2, -0.15) is 0 Å². The molecule has 4 rings (SSSR count). The Balaban J connectivity index is 1.61. The summed E-state index contributed by atoms with van der Waals surface area (Å²) in [5, 5.41) is 3.19. The Labute approximate surface area is 209 Å². The van der Waals surface area contributed by atoms with Gasteiger partial charge in [0.05, 0.1) is 16.3 Å². The second-order valence-electron chi connectivity index (χ2n) is 7.91. The quantitative estimate of drug-likeness (QED) is 0.288. The molecular weight excluding hydrogens is 484 g/mol. The standard InChI is InChI=1S/C27H23ClN2O4S/c1-18-8-6-7-11-23(18)30-35(32,33)26-16-20(13-12-19(26)2)27(31)29-24-17-21(28)14-15-25(24)34-22-9-4-3-5-10-22/h3-17,30H,1-2H3,(H,29,31). The van der Waals surface area contributed by atoms with Gasteiger partial charge in [0.2, 0.25) is 0 Å². The summed E-state index contributed by atoms with van der Waals surface area (Å²) >= 11 is 6.15. The lowest BCUT2D eigenvalue weighted by Crippen LogP contribution is -2.17. The number of sulfonamides is 1. The molecule has 35 heavy (non-hydrogen) atoms. The van der Waals surface area contributed by atoms with E-state index in [1.54, 1.807) is 61.5 Å². The molecule has 0 unspecified atom stereocenters. The van der Waals surface area contributed by atoms with Gasteiger partial charge in [-0.3, -0.25) is 9.52 Å². The first-order valence-electron chi connectivity index (χ1n) is 10.8. The van der Waals surface area contributed by atoms with E-state index in [0.29, 0.717) is 33.5 Å². The van der Waals surface area contributed by atoms with Crippen LogP contribution in [0.3, 0.4) is 0 Å². The average Bonchev–Trinajstić information content (AvgIpc) is 2.83. The zero-order valence-corrected chi connectivity index (χ0v) is 20.7. The molecule has 0 saturated carbocycles. The highest BCUT2D eigenvalue weighted by Crippen LogP contribution is 2.32. The molecule has 178 valence electrons. The van der Waals surface area contributed by atoms with Crippen LogP contribution in [0.25, 0.3) is 0 Å². The second-order valence-corrected chi connectivity index (χ2v) is 10.00. The highest BCUT2D eigenvalue weighted by molar-refractivity contribution is 7.92. The molecular formula is C27H23ClN2O4S. The molecule has 4 aromatic rings. The van der Waals surface area contributed by atoms with Crippen LogP contribution in [0.5, 0.6) is 11.5 Å². The van der Waals surface area contributed by atoms with E-state index in [-0.39, 0.29) is 10.5 Å². The van der Waals surface area contributed by atoms with Crippen molar-refractivity contribution < 1.29 is 17.9 Å². The van der Waals surface area contributed by atoms with Crippen LogP contribution < -0.4 is 14.8 Å². The van der Waals surface area contributed by atoms with Crippen molar-refractivity contribution in [2.45, 2.75) is 18.7 Å². The van der Waals surface area contributed by atoms with E-state index in [4.69, 9.17) is 16.3 Å². The number of para-hydroxylation sites is 2. The Bertz CT molecular complexity index is 1490. The maximum absolute atomic E-state index is 13.1. The minimum atomic E-state index is -3.93. The van der Waals surface area contributed by atoms with E-state index in [9.17, 15) is 13.2 Å². The van der Waals surface area contributed by atoms with Crippen LogP contribution in [0.2, 0.25) is 5.02 Å². The molecule has 0 bridgehead atoms. The summed E-state index contributed by atoms with van der Waals surface area (Å²) in [6.45, 7) is 3.49. The summed E-state index contributed by atoms with van der Waals surface area (Å²) in [5.41, 5.74) is 2.30. The molecule has 0 spiro atoms. The largest absolute Gasteiger partial charge is 0.455 e. The fraction of sp³-hybridized carbons (Fsp3) is 0.0741. The predicted octanol–water partition coefficient (Wildman–Crippen LogP) is 6.80. The summed E-state index contributed by atoms with van der Waals surface area (Å²) < 4.78 is 34.8. The molecule has 0 atom stereocenters. The Morgan fingerprint density at radius 1 is 0.800 bits per heavy atom. The van der Waals surface area contributed by atoms with Crippen molar-refractivity contribution in [3.8, 4) is 11.5 Å². The predicted molar refractivity (Wildman–Crippen MR) is 139 cm³/mol. The van der Waals surface area contributed by atoms with Crippen molar-refractivity contribution in [2.24, 2.45) is 0 Å². The van der Waals surface area contributed by atoms with E-state index >= 15 is 0 Å². The van der Waals surface area contributed by atoms with Crippen LogP contribution in [0, 0.1) is 13.8 Å². The lowest BCUT2D eigenvalue weighted by atomic mass is 10.1. The van der Waals surface area contributed by atoms with Gasteiger partial charge in [0.25, 0.3) is 15.9 Å². The van der Waals surface area contributed by atoms with Crippen LogP contribution in [-0.4, -0.2) is 14.3 Å². The normalized spacial score (nSPS) is 11.1. The molecule has 6 nitrogen and oxygen atoms in total. The van der Waals surface area contributed by atoms with Gasteiger partial charge in [-0.15, -0.1) is 0 Å². The third kappa shape index (κ3) is 5.82. The van der Waals surface area contributed by atoms with Gasteiger partial charge < -0.3 is 10.1 Å². The fourth-order valence-electron chi connectivity index (χ4n) is 3.42. The number of carbonyl (C=O) groups is 1. The van der Waals surface area contributed by atoms with E-state index in [0.717, 1.165) is 5.56 Å². The average molecular weight is 507 g/mol. The van der Waals surface area contributed by atoms with Gasteiger partial charge >= 0.3 is 0 Å². The molecule has 0 radical (unpaired) electrons. The zero-order chi connectivity index (χ0) is 25.0. The van der Waals surface area contributed by atoms with E-state index in [1.165, 1.54) is 6.07 Å². The van der Waals surface area contributed by atoms with Gasteiger partial charge in [-0.1, -0.05) is 54.1 Å². The maximum Gasteiger partial charge on any atom is 0.262 e.